The van der Waals surface area contributed by atoms with Gasteiger partial charge in [-0.15, -0.1) is 0 Å². The van der Waals surface area contributed by atoms with E-state index in [-0.39, 0.29) is 16.9 Å². The summed E-state index contributed by atoms with van der Waals surface area (Å²) in [5, 5.41) is 0. The first kappa shape index (κ1) is 25.8. The van der Waals surface area contributed by atoms with Crippen molar-refractivity contribution in [2.45, 2.75) is 96.4 Å². The number of fused-ring (bicyclic) bond motifs is 5. The molecule has 0 amide bonds. The lowest BCUT2D eigenvalue weighted by atomic mass is 9.43. The standard InChI is InChI=1S/C27H45F3O3/c1-17(23(32-5)27(28,29)30)20-9-10-21-19-8-7-18-15-26(33-6,16-31-4)14-13-24(18,2)22(19)11-12-25(20,21)3/h17-23H,7-16H2,1-6H3/t17-,18+,19-,20+,21-,22-,23-,24-,25+,26+/m0/s1. The first-order valence-corrected chi connectivity index (χ1v) is 13.1. The smallest absolute Gasteiger partial charge is 0.382 e. The maximum atomic E-state index is 13.7. The molecule has 6 heteroatoms. The average Bonchev–Trinajstić information content (AvgIpc) is 3.11. The fourth-order valence-electron chi connectivity index (χ4n) is 9.71. The molecule has 0 aromatic carbocycles. The van der Waals surface area contributed by atoms with E-state index in [1.807, 2.05) is 7.11 Å². The van der Waals surface area contributed by atoms with E-state index in [2.05, 4.69) is 13.8 Å². The number of halogens is 3. The molecule has 10 atom stereocenters. The van der Waals surface area contributed by atoms with Gasteiger partial charge in [-0.25, -0.2) is 0 Å². The average molecular weight is 475 g/mol. The van der Waals surface area contributed by atoms with Crippen LogP contribution in [0.25, 0.3) is 0 Å². The van der Waals surface area contributed by atoms with Crippen molar-refractivity contribution in [1.29, 1.82) is 0 Å². The van der Waals surface area contributed by atoms with Gasteiger partial charge < -0.3 is 14.2 Å². The van der Waals surface area contributed by atoms with E-state index >= 15 is 0 Å². The van der Waals surface area contributed by atoms with Crippen molar-refractivity contribution in [2.24, 2.45) is 46.3 Å². The summed E-state index contributed by atoms with van der Waals surface area (Å²) in [4.78, 5) is 0. The molecule has 0 saturated heterocycles. The number of rotatable bonds is 6. The first-order valence-electron chi connectivity index (χ1n) is 13.1. The van der Waals surface area contributed by atoms with Crippen LogP contribution in [0, 0.1) is 46.3 Å². The molecule has 0 bridgehead atoms. The van der Waals surface area contributed by atoms with Crippen LogP contribution in [-0.2, 0) is 14.2 Å². The van der Waals surface area contributed by atoms with Crippen molar-refractivity contribution in [3.05, 3.63) is 0 Å². The van der Waals surface area contributed by atoms with Gasteiger partial charge in [0.15, 0.2) is 6.10 Å². The van der Waals surface area contributed by atoms with Crippen LogP contribution in [0.3, 0.4) is 0 Å². The van der Waals surface area contributed by atoms with Crippen LogP contribution in [0.2, 0.25) is 0 Å². The number of alkyl halides is 3. The van der Waals surface area contributed by atoms with Crippen LogP contribution in [0.1, 0.15) is 78.6 Å². The second kappa shape index (κ2) is 8.96. The third-order valence-corrected chi connectivity index (χ3v) is 11.4. The molecule has 192 valence electrons. The highest BCUT2D eigenvalue weighted by atomic mass is 19.4. The van der Waals surface area contributed by atoms with Crippen molar-refractivity contribution in [2.75, 3.05) is 27.9 Å². The molecule has 33 heavy (non-hydrogen) atoms. The number of hydrogen-bond acceptors (Lipinski definition) is 3. The lowest BCUT2D eigenvalue weighted by Gasteiger charge is -2.62. The molecule has 4 saturated carbocycles. The van der Waals surface area contributed by atoms with Gasteiger partial charge in [0.2, 0.25) is 0 Å². The summed E-state index contributed by atoms with van der Waals surface area (Å²) in [7, 11) is 4.81. The molecular formula is C27H45F3O3. The van der Waals surface area contributed by atoms with Gasteiger partial charge in [0.05, 0.1) is 12.2 Å². The quantitative estimate of drug-likeness (QED) is 0.419. The minimum absolute atomic E-state index is 0.00713. The van der Waals surface area contributed by atoms with Gasteiger partial charge in [-0.2, -0.15) is 13.2 Å². The largest absolute Gasteiger partial charge is 0.414 e. The second-order valence-corrected chi connectivity index (χ2v) is 12.5. The lowest BCUT2D eigenvalue weighted by molar-refractivity contribution is -0.237. The maximum absolute atomic E-state index is 13.7. The molecule has 4 fully saturated rings. The summed E-state index contributed by atoms with van der Waals surface area (Å²) in [6.07, 6.45) is 3.92. The third-order valence-electron chi connectivity index (χ3n) is 11.4. The molecule has 0 N–H and O–H groups in total. The van der Waals surface area contributed by atoms with E-state index in [0.717, 1.165) is 38.5 Å². The number of ether oxygens (including phenoxy) is 3. The van der Waals surface area contributed by atoms with E-state index in [4.69, 9.17) is 14.2 Å². The Kier molecular flexibility index (Phi) is 6.99. The molecule has 0 radical (unpaired) electrons. The highest BCUT2D eigenvalue weighted by molar-refractivity contribution is 5.11. The summed E-state index contributed by atoms with van der Waals surface area (Å²) in [6, 6.07) is 0. The summed E-state index contributed by atoms with van der Waals surface area (Å²) >= 11 is 0. The molecule has 0 aromatic rings. The van der Waals surface area contributed by atoms with Crippen LogP contribution in [-0.4, -0.2) is 45.8 Å². The fraction of sp³-hybridized carbons (Fsp3) is 1.00. The van der Waals surface area contributed by atoms with Crippen molar-refractivity contribution in [3.8, 4) is 0 Å². The Morgan fingerprint density at radius 2 is 1.58 bits per heavy atom. The third kappa shape index (κ3) is 4.08. The van der Waals surface area contributed by atoms with Crippen molar-refractivity contribution in [1.82, 2.24) is 0 Å². The highest BCUT2D eigenvalue weighted by Crippen LogP contribution is 2.69. The van der Waals surface area contributed by atoms with E-state index in [1.165, 1.54) is 26.4 Å². The fourth-order valence-corrected chi connectivity index (χ4v) is 9.71. The van der Waals surface area contributed by atoms with Crippen molar-refractivity contribution < 1.29 is 27.4 Å². The summed E-state index contributed by atoms with van der Waals surface area (Å²) in [5.74, 6) is 2.09. The van der Waals surface area contributed by atoms with Crippen LogP contribution in [0.5, 0.6) is 0 Å². The van der Waals surface area contributed by atoms with Gasteiger partial charge in [-0.05, 0) is 104 Å². The van der Waals surface area contributed by atoms with Gasteiger partial charge in [-0.3, -0.25) is 0 Å². The summed E-state index contributed by atoms with van der Waals surface area (Å²) < 4.78 is 57.6. The summed E-state index contributed by atoms with van der Waals surface area (Å²) in [5.41, 5.74) is 0.146. The molecular weight excluding hydrogens is 429 g/mol. The van der Waals surface area contributed by atoms with E-state index in [1.54, 1.807) is 14.0 Å². The Hall–Kier alpha value is -0.330. The van der Waals surface area contributed by atoms with Crippen LogP contribution in [0.15, 0.2) is 0 Å². The Balaban J connectivity index is 1.53. The normalized spacial score (nSPS) is 47.4. The molecule has 0 aromatic heterocycles. The van der Waals surface area contributed by atoms with Gasteiger partial charge in [0.25, 0.3) is 0 Å². The topological polar surface area (TPSA) is 27.7 Å². The molecule has 0 spiro atoms. The molecule has 4 rings (SSSR count). The Morgan fingerprint density at radius 3 is 2.18 bits per heavy atom. The summed E-state index contributed by atoms with van der Waals surface area (Å²) in [6.45, 7) is 7.27. The van der Waals surface area contributed by atoms with Crippen LogP contribution < -0.4 is 0 Å². The monoisotopic (exact) mass is 474 g/mol. The van der Waals surface area contributed by atoms with Crippen molar-refractivity contribution in [3.63, 3.8) is 0 Å². The van der Waals surface area contributed by atoms with Gasteiger partial charge in [0.1, 0.15) is 0 Å². The molecule has 0 unspecified atom stereocenters. The zero-order valence-electron chi connectivity index (χ0n) is 21.5. The number of methoxy groups -OCH3 is 3. The molecule has 0 aliphatic heterocycles. The zero-order valence-corrected chi connectivity index (χ0v) is 21.5. The molecule has 4 aliphatic rings. The molecule has 4 aliphatic carbocycles. The Labute approximate surface area is 198 Å². The predicted octanol–water partition coefficient (Wildman–Crippen LogP) is 6.89. The SMILES string of the molecule is COC[C@@]1(OC)CC[C@@]2(C)[C@H](CC[C@@H]3[C@@H]2CC[C@]2(C)[C@@H]([C@H](C)[C@H](OC)C(F)(F)F)CC[C@@H]32)C1. The Morgan fingerprint density at radius 1 is 0.879 bits per heavy atom. The Bertz CT molecular complexity index is 699. The van der Waals surface area contributed by atoms with Gasteiger partial charge in [-0.1, -0.05) is 20.8 Å². The molecule has 0 heterocycles. The maximum Gasteiger partial charge on any atom is 0.414 e. The van der Waals surface area contributed by atoms with E-state index in [9.17, 15) is 13.2 Å². The predicted molar refractivity (Wildman–Crippen MR) is 123 cm³/mol. The number of hydrogen-bond donors (Lipinski definition) is 0. The van der Waals surface area contributed by atoms with E-state index < -0.39 is 18.2 Å². The second-order valence-electron chi connectivity index (χ2n) is 12.5. The van der Waals surface area contributed by atoms with E-state index in [0.29, 0.717) is 35.7 Å². The lowest BCUT2D eigenvalue weighted by Crippen LogP contribution is -2.57. The first-order chi connectivity index (χ1) is 15.5. The minimum Gasteiger partial charge on any atom is -0.382 e. The highest BCUT2D eigenvalue weighted by Gasteiger charge is 2.63. The minimum atomic E-state index is -4.30. The molecule has 3 nitrogen and oxygen atoms in total. The van der Waals surface area contributed by atoms with Gasteiger partial charge in [0, 0.05) is 21.3 Å². The van der Waals surface area contributed by atoms with Crippen LogP contribution >= 0.6 is 0 Å². The van der Waals surface area contributed by atoms with Gasteiger partial charge >= 0.3 is 6.18 Å². The van der Waals surface area contributed by atoms with Crippen molar-refractivity contribution >= 4 is 0 Å². The van der Waals surface area contributed by atoms with Crippen LogP contribution in [0.4, 0.5) is 13.2 Å². The zero-order chi connectivity index (χ0) is 24.2.